The summed E-state index contributed by atoms with van der Waals surface area (Å²) in [6, 6.07) is 0. The Morgan fingerprint density at radius 2 is 2.29 bits per heavy atom. The molecule has 1 rings (SSSR count). The van der Waals surface area contributed by atoms with Crippen LogP contribution in [-0.4, -0.2) is 40.0 Å². The largest absolute Gasteiger partial charge is 0.444 e. The summed E-state index contributed by atoms with van der Waals surface area (Å²) < 4.78 is 5.29. The Morgan fingerprint density at radius 3 is 2.79 bits per heavy atom. The first-order valence-electron chi connectivity index (χ1n) is 4.66. The number of amides is 1. The molecule has 82 valence electrons. The number of carbonyl (C=O) groups excluding carboxylic acids is 1. The molecule has 1 heterocycles. The number of hydrogen-bond donors (Lipinski definition) is 1. The van der Waals surface area contributed by atoms with Gasteiger partial charge in [0, 0.05) is 18.1 Å². The van der Waals surface area contributed by atoms with Crippen LogP contribution in [0, 0.1) is 0 Å². The van der Waals surface area contributed by atoms with Gasteiger partial charge in [-0.25, -0.2) is 4.79 Å². The van der Waals surface area contributed by atoms with Crippen LogP contribution in [0.5, 0.6) is 0 Å². The molecule has 14 heavy (non-hydrogen) atoms. The van der Waals surface area contributed by atoms with E-state index in [0.29, 0.717) is 5.75 Å². The summed E-state index contributed by atoms with van der Waals surface area (Å²) in [5, 5.41) is 0.174. The maximum Gasteiger partial charge on any atom is 0.411 e. The zero-order valence-corrected chi connectivity index (χ0v) is 10.5. The average Bonchev–Trinajstić information content (AvgIpc) is 2.47. The number of hydrogen-bond acceptors (Lipinski definition) is 4. The van der Waals surface area contributed by atoms with E-state index in [-0.39, 0.29) is 11.5 Å². The van der Waals surface area contributed by atoms with E-state index < -0.39 is 5.60 Å². The van der Waals surface area contributed by atoms with Crippen LogP contribution >= 0.6 is 24.4 Å². The highest BCUT2D eigenvalue weighted by Gasteiger charge is 2.31. The Kier molecular flexibility index (Phi) is 4.01. The minimum atomic E-state index is -0.411. The maximum atomic E-state index is 11.7. The highest BCUT2D eigenvalue weighted by molar-refractivity contribution is 8.00. The van der Waals surface area contributed by atoms with Crippen LogP contribution in [0.2, 0.25) is 0 Å². The number of ether oxygens (including phenoxy) is 1. The Morgan fingerprint density at radius 1 is 1.64 bits per heavy atom. The molecular weight excluding hydrogens is 218 g/mol. The molecule has 3 nitrogen and oxygen atoms in total. The van der Waals surface area contributed by atoms with Crippen molar-refractivity contribution in [2.75, 3.05) is 18.1 Å². The second kappa shape index (κ2) is 4.66. The predicted octanol–water partition coefficient (Wildman–Crippen LogP) is 2.23. The predicted molar refractivity (Wildman–Crippen MR) is 63.0 cm³/mol. The molecule has 0 spiro atoms. The van der Waals surface area contributed by atoms with Crippen molar-refractivity contribution >= 4 is 30.5 Å². The van der Waals surface area contributed by atoms with E-state index >= 15 is 0 Å². The first kappa shape index (κ1) is 12.0. The molecule has 0 aromatic heterocycles. The molecule has 1 amide bonds. The molecule has 1 saturated heterocycles. The van der Waals surface area contributed by atoms with Crippen LogP contribution in [0.25, 0.3) is 0 Å². The fourth-order valence-corrected chi connectivity index (χ4v) is 2.77. The molecule has 0 radical (unpaired) electrons. The van der Waals surface area contributed by atoms with Gasteiger partial charge in [0.2, 0.25) is 0 Å². The smallest absolute Gasteiger partial charge is 0.411 e. The fraction of sp³-hybridized carbons (Fsp3) is 0.889. The summed E-state index contributed by atoms with van der Waals surface area (Å²) in [5.41, 5.74) is -0.411. The molecule has 1 fully saturated rings. The van der Waals surface area contributed by atoms with Gasteiger partial charge in [-0.15, -0.1) is 11.8 Å². The van der Waals surface area contributed by atoms with Gasteiger partial charge in [0.1, 0.15) is 5.60 Å². The van der Waals surface area contributed by atoms with E-state index in [0.717, 1.165) is 12.3 Å². The zero-order valence-electron chi connectivity index (χ0n) is 8.82. The summed E-state index contributed by atoms with van der Waals surface area (Å²) in [4.78, 5) is 13.4. The molecule has 0 bridgehead atoms. The Bertz CT molecular complexity index is 215. The van der Waals surface area contributed by atoms with Gasteiger partial charge in [-0.1, -0.05) is 0 Å². The fourth-order valence-electron chi connectivity index (χ4n) is 1.20. The quantitative estimate of drug-likeness (QED) is 0.707. The van der Waals surface area contributed by atoms with Crippen molar-refractivity contribution in [3.05, 3.63) is 0 Å². The molecule has 5 heteroatoms. The molecule has 0 aliphatic carbocycles. The lowest BCUT2D eigenvalue weighted by Crippen LogP contribution is -2.40. The molecule has 0 N–H and O–H groups in total. The van der Waals surface area contributed by atoms with Crippen LogP contribution in [-0.2, 0) is 4.74 Å². The number of thioether (sulfide) groups is 1. The molecular formula is C9H17NO2S2. The van der Waals surface area contributed by atoms with Crippen LogP contribution in [0.3, 0.4) is 0 Å². The number of nitrogens with zero attached hydrogens (tertiary/aromatic N) is 1. The van der Waals surface area contributed by atoms with Crippen LogP contribution in [0.1, 0.15) is 20.8 Å². The summed E-state index contributed by atoms with van der Waals surface area (Å²) in [6.07, 6.45) is -0.221. The van der Waals surface area contributed by atoms with Crippen molar-refractivity contribution < 1.29 is 9.53 Å². The first-order chi connectivity index (χ1) is 6.44. The third kappa shape index (κ3) is 3.28. The SMILES string of the molecule is CC(C)(C)OC(=O)N1CCSC1CS. The van der Waals surface area contributed by atoms with Crippen molar-refractivity contribution in [2.24, 2.45) is 0 Å². The van der Waals surface area contributed by atoms with E-state index in [1.165, 1.54) is 0 Å². The molecule has 1 aliphatic rings. The monoisotopic (exact) mass is 235 g/mol. The van der Waals surface area contributed by atoms with Crippen LogP contribution in [0.15, 0.2) is 0 Å². The standard InChI is InChI=1S/C9H17NO2S2/c1-9(2,3)12-8(11)10-4-5-14-7(10)6-13/h7,13H,4-6H2,1-3H3. The summed E-state index contributed by atoms with van der Waals surface area (Å²) in [6.45, 7) is 6.41. The first-order valence-corrected chi connectivity index (χ1v) is 6.34. The van der Waals surface area contributed by atoms with Gasteiger partial charge < -0.3 is 4.74 Å². The maximum absolute atomic E-state index is 11.7. The Balaban J connectivity index is 2.52. The van der Waals surface area contributed by atoms with E-state index in [9.17, 15) is 4.79 Å². The molecule has 0 saturated carbocycles. The highest BCUT2D eigenvalue weighted by Crippen LogP contribution is 2.26. The summed E-state index contributed by atoms with van der Waals surface area (Å²) in [7, 11) is 0. The number of thiol groups is 1. The van der Waals surface area contributed by atoms with E-state index in [4.69, 9.17) is 4.74 Å². The van der Waals surface area contributed by atoms with E-state index in [1.807, 2.05) is 20.8 Å². The molecule has 1 unspecified atom stereocenters. The van der Waals surface area contributed by atoms with Gasteiger partial charge >= 0.3 is 6.09 Å². The Hall–Kier alpha value is -0.0300. The van der Waals surface area contributed by atoms with Crippen molar-refractivity contribution in [3.8, 4) is 0 Å². The lowest BCUT2D eigenvalue weighted by molar-refractivity contribution is 0.0267. The second-order valence-electron chi connectivity index (χ2n) is 4.18. The molecule has 0 aromatic rings. The third-order valence-corrected chi connectivity index (χ3v) is 3.59. The van der Waals surface area contributed by atoms with Crippen molar-refractivity contribution in [3.63, 3.8) is 0 Å². The normalized spacial score (nSPS) is 22.6. The minimum Gasteiger partial charge on any atom is -0.444 e. The van der Waals surface area contributed by atoms with E-state index in [1.54, 1.807) is 16.7 Å². The van der Waals surface area contributed by atoms with Crippen LogP contribution < -0.4 is 0 Å². The number of carbonyl (C=O) groups is 1. The minimum absolute atomic E-state index is 0.174. The van der Waals surface area contributed by atoms with Crippen LogP contribution in [0.4, 0.5) is 4.79 Å². The summed E-state index contributed by atoms with van der Waals surface area (Å²) >= 11 is 5.96. The molecule has 1 atom stereocenters. The average molecular weight is 235 g/mol. The molecule has 1 aliphatic heterocycles. The van der Waals surface area contributed by atoms with Gasteiger partial charge in [0.05, 0.1) is 5.37 Å². The Labute approximate surface area is 95.0 Å². The van der Waals surface area contributed by atoms with Gasteiger partial charge in [-0.3, -0.25) is 4.90 Å². The molecule has 0 aromatic carbocycles. The van der Waals surface area contributed by atoms with Gasteiger partial charge in [-0.2, -0.15) is 12.6 Å². The topological polar surface area (TPSA) is 29.5 Å². The number of rotatable bonds is 1. The van der Waals surface area contributed by atoms with Crippen molar-refractivity contribution in [1.82, 2.24) is 4.90 Å². The van der Waals surface area contributed by atoms with Crippen molar-refractivity contribution in [2.45, 2.75) is 31.7 Å². The second-order valence-corrected chi connectivity index (χ2v) is 5.83. The lowest BCUT2D eigenvalue weighted by Gasteiger charge is -2.27. The zero-order chi connectivity index (χ0) is 10.8. The van der Waals surface area contributed by atoms with E-state index in [2.05, 4.69) is 12.6 Å². The lowest BCUT2D eigenvalue weighted by atomic mass is 10.2. The van der Waals surface area contributed by atoms with Gasteiger partial charge in [0.25, 0.3) is 0 Å². The van der Waals surface area contributed by atoms with Crippen molar-refractivity contribution in [1.29, 1.82) is 0 Å². The third-order valence-electron chi connectivity index (χ3n) is 1.77. The van der Waals surface area contributed by atoms with Gasteiger partial charge in [0.15, 0.2) is 0 Å². The summed E-state index contributed by atoms with van der Waals surface area (Å²) in [5.74, 6) is 1.66. The highest BCUT2D eigenvalue weighted by atomic mass is 32.2. The van der Waals surface area contributed by atoms with Gasteiger partial charge in [-0.05, 0) is 20.8 Å².